The summed E-state index contributed by atoms with van der Waals surface area (Å²) in [6, 6.07) is 11.3. The number of nitrogens with zero attached hydrogens (tertiary/aromatic N) is 4. The van der Waals surface area contributed by atoms with Crippen molar-refractivity contribution in [3.05, 3.63) is 96.2 Å². The maximum absolute atomic E-state index is 12.7. The summed E-state index contributed by atoms with van der Waals surface area (Å²) < 4.78 is 0. The third-order valence-corrected chi connectivity index (χ3v) is 6.34. The van der Waals surface area contributed by atoms with Gasteiger partial charge in [0.15, 0.2) is 0 Å². The number of anilines is 1. The molecule has 1 aliphatic heterocycles. The van der Waals surface area contributed by atoms with Crippen LogP contribution >= 0.6 is 0 Å². The number of likely N-dealkylation sites (tertiary alicyclic amines) is 1. The van der Waals surface area contributed by atoms with Crippen LogP contribution < -0.4 is 5.32 Å². The van der Waals surface area contributed by atoms with Crippen LogP contribution in [0.5, 0.6) is 0 Å². The maximum atomic E-state index is 12.7. The number of carbonyl (C=O) groups is 2. The number of hydrogen-bond donors (Lipinski definition) is 1. The first-order chi connectivity index (χ1) is 16.6. The Bertz CT molecular complexity index is 1220. The molecule has 1 N–H and O–H groups in total. The first kappa shape index (κ1) is 21.7. The Hall–Kier alpha value is -4.13. The van der Waals surface area contributed by atoms with E-state index in [1.807, 2.05) is 47.6 Å². The van der Waals surface area contributed by atoms with Crippen molar-refractivity contribution in [1.82, 2.24) is 19.9 Å². The van der Waals surface area contributed by atoms with Gasteiger partial charge in [-0.1, -0.05) is 6.08 Å². The number of amides is 2. The van der Waals surface area contributed by atoms with Crippen molar-refractivity contribution >= 4 is 29.3 Å². The van der Waals surface area contributed by atoms with Gasteiger partial charge in [0.2, 0.25) is 11.8 Å². The number of pyridine rings is 3. The monoisotopic (exact) mass is 451 g/mol. The second kappa shape index (κ2) is 9.79. The van der Waals surface area contributed by atoms with E-state index in [9.17, 15) is 9.59 Å². The molecule has 34 heavy (non-hydrogen) atoms. The van der Waals surface area contributed by atoms with Gasteiger partial charge in [-0.15, -0.1) is 0 Å². The van der Waals surface area contributed by atoms with Crippen molar-refractivity contribution < 1.29 is 9.59 Å². The topological polar surface area (TPSA) is 88.1 Å². The molecule has 7 heteroatoms. The number of fused-ring (bicyclic) bond motifs is 1. The molecule has 0 radical (unpaired) electrons. The van der Waals surface area contributed by atoms with Gasteiger partial charge in [-0.05, 0) is 83.0 Å². The molecule has 7 nitrogen and oxygen atoms in total. The van der Waals surface area contributed by atoms with Gasteiger partial charge in [-0.3, -0.25) is 19.6 Å². The van der Waals surface area contributed by atoms with Gasteiger partial charge in [-0.25, -0.2) is 4.98 Å². The standard InChI is InChI=1S/C27H25N5O2/c33-26(13-19-5-9-28-10-6-19)31-25-3-1-20(16-30-25)2-4-27(34)32-17-23-14-22(15-24(23)18-32)21-7-11-29-12-8-21/h1-12,14,16,23-24H,13,15,17-18H2,(H,30,31,33)/b4-2+. The summed E-state index contributed by atoms with van der Waals surface area (Å²) in [5, 5.41) is 2.79. The SMILES string of the molecule is O=C(Cc1ccncc1)Nc1ccc(/C=C/C(=O)N2CC3C=C(c4ccncc4)CC3C2)cn1. The first-order valence-electron chi connectivity index (χ1n) is 11.4. The van der Waals surface area contributed by atoms with Gasteiger partial charge in [0.1, 0.15) is 5.82 Å². The van der Waals surface area contributed by atoms with Gasteiger partial charge in [-0.2, -0.15) is 0 Å². The molecular weight excluding hydrogens is 426 g/mol. The van der Waals surface area contributed by atoms with E-state index in [1.165, 1.54) is 11.1 Å². The molecule has 0 bridgehead atoms. The average Bonchev–Trinajstić information content (AvgIpc) is 3.44. The van der Waals surface area contributed by atoms with E-state index < -0.39 is 0 Å². The van der Waals surface area contributed by atoms with E-state index >= 15 is 0 Å². The average molecular weight is 452 g/mol. The molecule has 2 atom stereocenters. The van der Waals surface area contributed by atoms with Crippen molar-refractivity contribution in [3.8, 4) is 0 Å². The summed E-state index contributed by atoms with van der Waals surface area (Å²) in [5.74, 6) is 1.25. The smallest absolute Gasteiger partial charge is 0.246 e. The summed E-state index contributed by atoms with van der Waals surface area (Å²) in [4.78, 5) is 39.1. The Morgan fingerprint density at radius 3 is 2.47 bits per heavy atom. The van der Waals surface area contributed by atoms with Crippen LogP contribution in [0.4, 0.5) is 5.82 Å². The fourth-order valence-corrected chi connectivity index (χ4v) is 4.59. The Labute approximate surface area is 198 Å². The number of aromatic nitrogens is 3. The maximum Gasteiger partial charge on any atom is 0.246 e. The highest BCUT2D eigenvalue weighted by molar-refractivity contribution is 5.93. The molecule has 0 saturated carbocycles. The lowest BCUT2D eigenvalue weighted by atomic mass is 9.99. The van der Waals surface area contributed by atoms with Crippen LogP contribution in [0.25, 0.3) is 11.6 Å². The van der Waals surface area contributed by atoms with Crippen molar-refractivity contribution in [2.24, 2.45) is 11.8 Å². The lowest BCUT2D eigenvalue weighted by Crippen LogP contribution is -2.27. The van der Waals surface area contributed by atoms with Crippen LogP contribution in [0.1, 0.15) is 23.1 Å². The van der Waals surface area contributed by atoms with E-state index in [-0.39, 0.29) is 18.2 Å². The van der Waals surface area contributed by atoms with Gasteiger partial charge in [0.25, 0.3) is 0 Å². The third kappa shape index (κ3) is 5.09. The summed E-state index contributed by atoms with van der Waals surface area (Å²) in [7, 11) is 0. The molecule has 170 valence electrons. The first-order valence-corrected chi connectivity index (χ1v) is 11.4. The van der Waals surface area contributed by atoms with Crippen molar-refractivity contribution in [1.29, 1.82) is 0 Å². The molecule has 1 saturated heterocycles. The molecule has 4 heterocycles. The summed E-state index contributed by atoms with van der Waals surface area (Å²) >= 11 is 0. The number of allylic oxidation sites excluding steroid dienone is 1. The van der Waals surface area contributed by atoms with Crippen LogP contribution in [0.15, 0.2) is 79.5 Å². The summed E-state index contributed by atoms with van der Waals surface area (Å²) in [5.41, 5.74) is 4.28. The fraction of sp³-hybridized carbons (Fsp3) is 0.222. The molecule has 3 aromatic rings. The number of carbonyl (C=O) groups excluding carboxylic acids is 2. The number of nitrogens with one attached hydrogen (secondary N) is 1. The lowest BCUT2D eigenvalue weighted by molar-refractivity contribution is -0.125. The highest BCUT2D eigenvalue weighted by atomic mass is 16.2. The van der Waals surface area contributed by atoms with E-state index in [1.54, 1.807) is 36.8 Å². The molecule has 2 unspecified atom stereocenters. The number of rotatable bonds is 6. The van der Waals surface area contributed by atoms with Gasteiger partial charge >= 0.3 is 0 Å². The van der Waals surface area contributed by atoms with Gasteiger partial charge in [0, 0.05) is 50.1 Å². The molecule has 0 aromatic carbocycles. The predicted molar refractivity (Wildman–Crippen MR) is 130 cm³/mol. The largest absolute Gasteiger partial charge is 0.338 e. The van der Waals surface area contributed by atoms with Crippen molar-refractivity contribution in [3.63, 3.8) is 0 Å². The minimum atomic E-state index is -0.141. The zero-order valence-electron chi connectivity index (χ0n) is 18.7. The van der Waals surface area contributed by atoms with Crippen LogP contribution in [-0.4, -0.2) is 44.8 Å². The Balaban J connectivity index is 1.13. The Morgan fingerprint density at radius 1 is 1.00 bits per heavy atom. The third-order valence-electron chi connectivity index (χ3n) is 6.34. The molecule has 5 rings (SSSR count). The summed E-state index contributed by atoms with van der Waals surface area (Å²) in [6.45, 7) is 1.53. The molecule has 2 aliphatic rings. The second-order valence-corrected chi connectivity index (χ2v) is 8.69. The molecule has 2 amide bonds. The Kier molecular flexibility index (Phi) is 6.25. The van der Waals surface area contributed by atoms with E-state index in [4.69, 9.17) is 0 Å². The molecule has 3 aromatic heterocycles. The van der Waals surface area contributed by atoms with Crippen LogP contribution in [-0.2, 0) is 16.0 Å². The minimum absolute atomic E-state index is 0.0167. The second-order valence-electron chi connectivity index (χ2n) is 8.69. The van der Waals surface area contributed by atoms with Crippen molar-refractivity contribution in [2.45, 2.75) is 12.8 Å². The van der Waals surface area contributed by atoms with Gasteiger partial charge < -0.3 is 10.2 Å². The van der Waals surface area contributed by atoms with Crippen LogP contribution in [0.2, 0.25) is 0 Å². The van der Waals surface area contributed by atoms with E-state index in [2.05, 4.69) is 26.3 Å². The predicted octanol–water partition coefficient (Wildman–Crippen LogP) is 3.63. The molecule has 1 aliphatic carbocycles. The minimum Gasteiger partial charge on any atom is -0.338 e. The highest BCUT2D eigenvalue weighted by Crippen LogP contribution is 2.40. The normalized spacial score (nSPS) is 19.2. The van der Waals surface area contributed by atoms with Crippen molar-refractivity contribution in [2.75, 3.05) is 18.4 Å². The van der Waals surface area contributed by atoms with E-state index in [0.29, 0.717) is 17.7 Å². The zero-order chi connectivity index (χ0) is 23.3. The fourth-order valence-electron chi connectivity index (χ4n) is 4.59. The number of hydrogen-bond acceptors (Lipinski definition) is 5. The molecule has 1 fully saturated rings. The molecule has 0 spiro atoms. The van der Waals surface area contributed by atoms with Gasteiger partial charge in [0.05, 0.1) is 6.42 Å². The van der Waals surface area contributed by atoms with E-state index in [0.717, 1.165) is 30.6 Å². The Morgan fingerprint density at radius 2 is 1.76 bits per heavy atom. The van der Waals surface area contributed by atoms with Crippen LogP contribution in [0.3, 0.4) is 0 Å². The quantitative estimate of drug-likeness (QED) is 0.578. The lowest BCUT2D eigenvalue weighted by Gasteiger charge is -2.15. The highest BCUT2D eigenvalue weighted by Gasteiger charge is 2.37. The summed E-state index contributed by atoms with van der Waals surface area (Å²) in [6.07, 6.45) is 15.6. The molecular formula is C27H25N5O2. The zero-order valence-corrected chi connectivity index (χ0v) is 18.7. The van der Waals surface area contributed by atoms with Crippen LogP contribution in [0, 0.1) is 11.8 Å².